The van der Waals surface area contributed by atoms with Crippen LogP contribution in [-0.2, 0) is 9.84 Å². The number of rotatable bonds is 2. The molecule has 3 atom stereocenters. The SMILES string of the molecule is NC1C=CCCNC(S(=O)(=O)c2ccccn2)C1O. The topological polar surface area (TPSA) is 105 Å². The highest BCUT2D eigenvalue weighted by molar-refractivity contribution is 7.92. The van der Waals surface area contributed by atoms with Gasteiger partial charge in [-0.3, -0.25) is 5.32 Å². The van der Waals surface area contributed by atoms with Crippen molar-refractivity contribution in [2.45, 2.75) is 29.0 Å². The van der Waals surface area contributed by atoms with Crippen molar-refractivity contribution >= 4 is 9.84 Å². The number of sulfone groups is 1. The van der Waals surface area contributed by atoms with Crippen LogP contribution in [0.4, 0.5) is 0 Å². The summed E-state index contributed by atoms with van der Waals surface area (Å²) in [5, 5.41) is 11.7. The third-order valence-electron chi connectivity index (χ3n) is 2.98. The van der Waals surface area contributed by atoms with Crippen LogP contribution in [0.25, 0.3) is 0 Å². The predicted molar refractivity (Wildman–Crippen MR) is 71.0 cm³/mol. The lowest BCUT2D eigenvalue weighted by Crippen LogP contribution is -2.54. The van der Waals surface area contributed by atoms with Crippen LogP contribution in [0, 0.1) is 0 Å². The van der Waals surface area contributed by atoms with Gasteiger partial charge in [-0.05, 0) is 25.1 Å². The number of hydrogen-bond donors (Lipinski definition) is 3. The molecule has 0 amide bonds. The van der Waals surface area contributed by atoms with Gasteiger partial charge in [-0.2, -0.15) is 0 Å². The standard InChI is InChI=1S/C12H17N3O3S/c13-9-5-1-3-8-15-12(11(9)16)19(17,18)10-6-2-4-7-14-10/h1-2,4-7,9,11-12,15-16H,3,8,13H2. The molecule has 19 heavy (non-hydrogen) atoms. The zero-order valence-electron chi connectivity index (χ0n) is 10.3. The summed E-state index contributed by atoms with van der Waals surface area (Å²) in [6, 6.07) is 3.91. The Kier molecular flexibility index (Phi) is 4.31. The molecule has 2 rings (SSSR count). The molecule has 0 spiro atoms. The first-order chi connectivity index (χ1) is 9.03. The predicted octanol–water partition coefficient (Wildman–Crippen LogP) is -0.581. The fourth-order valence-corrected chi connectivity index (χ4v) is 3.56. The summed E-state index contributed by atoms with van der Waals surface area (Å²) in [4.78, 5) is 3.84. The first-order valence-corrected chi connectivity index (χ1v) is 7.57. The second kappa shape index (κ2) is 5.79. The van der Waals surface area contributed by atoms with Gasteiger partial charge in [-0.15, -0.1) is 0 Å². The van der Waals surface area contributed by atoms with Gasteiger partial charge < -0.3 is 10.8 Å². The first-order valence-electron chi connectivity index (χ1n) is 6.02. The van der Waals surface area contributed by atoms with E-state index >= 15 is 0 Å². The molecule has 1 aromatic rings. The van der Waals surface area contributed by atoms with Crippen molar-refractivity contribution in [3.8, 4) is 0 Å². The average molecular weight is 283 g/mol. The lowest BCUT2D eigenvalue weighted by atomic mass is 10.1. The van der Waals surface area contributed by atoms with E-state index in [1.54, 1.807) is 18.2 Å². The van der Waals surface area contributed by atoms with Crippen molar-refractivity contribution in [1.29, 1.82) is 0 Å². The van der Waals surface area contributed by atoms with Crippen LogP contribution in [-0.4, -0.2) is 42.6 Å². The highest BCUT2D eigenvalue weighted by Gasteiger charge is 2.37. The molecule has 0 radical (unpaired) electrons. The van der Waals surface area contributed by atoms with Crippen LogP contribution < -0.4 is 11.1 Å². The number of nitrogens with zero attached hydrogens (tertiary/aromatic N) is 1. The zero-order valence-corrected chi connectivity index (χ0v) is 11.1. The molecule has 0 fully saturated rings. The quantitative estimate of drug-likeness (QED) is 0.627. The van der Waals surface area contributed by atoms with E-state index in [0.717, 1.165) is 0 Å². The van der Waals surface area contributed by atoms with E-state index in [4.69, 9.17) is 5.73 Å². The third kappa shape index (κ3) is 3.01. The number of aromatic nitrogens is 1. The number of aliphatic hydroxyl groups is 1. The molecule has 0 saturated heterocycles. The minimum atomic E-state index is -3.77. The van der Waals surface area contributed by atoms with Crippen molar-refractivity contribution < 1.29 is 13.5 Å². The molecule has 0 saturated carbocycles. The maximum atomic E-state index is 12.4. The van der Waals surface area contributed by atoms with Gasteiger partial charge in [0.2, 0.25) is 9.84 Å². The van der Waals surface area contributed by atoms with Gasteiger partial charge in [0.05, 0.1) is 6.04 Å². The minimum absolute atomic E-state index is 0.0664. The van der Waals surface area contributed by atoms with E-state index in [1.807, 2.05) is 6.08 Å². The van der Waals surface area contributed by atoms with Gasteiger partial charge in [0.1, 0.15) is 11.5 Å². The second-order valence-electron chi connectivity index (χ2n) is 4.37. The third-order valence-corrected chi connectivity index (χ3v) is 4.92. The molecule has 1 aliphatic rings. The molecule has 0 bridgehead atoms. The molecular formula is C12H17N3O3S. The van der Waals surface area contributed by atoms with Crippen molar-refractivity contribution in [3.05, 3.63) is 36.5 Å². The summed E-state index contributed by atoms with van der Waals surface area (Å²) in [5.74, 6) is 0. The van der Waals surface area contributed by atoms with Crippen molar-refractivity contribution in [1.82, 2.24) is 10.3 Å². The lowest BCUT2D eigenvalue weighted by molar-refractivity contribution is 0.141. The van der Waals surface area contributed by atoms with E-state index in [1.165, 1.54) is 12.3 Å². The Bertz CT molecular complexity index is 545. The van der Waals surface area contributed by atoms with Gasteiger partial charge >= 0.3 is 0 Å². The van der Waals surface area contributed by atoms with Crippen LogP contribution in [0.1, 0.15) is 6.42 Å². The smallest absolute Gasteiger partial charge is 0.214 e. The summed E-state index contributed by atoms with van der Waals surface area (Å²) in [6.07, 6.45) is 4.30. The molecule has 4 N–H and O–H groups in total. The molecule has 1 aromatic heterocycles. The Morgan fingerprint density at radius 2 is 2.21 bits per heavy atom. The Hall–Kier alpha value is -1.28. The summed E-state index contributed by atoms with van der Waals surface area (Å²) in [5.41, 5.74) is 5.75. The highest BCUT2D eigenvalue weighted by atomic mass is 32.2. The molecular weight excluding hydrogens is 266 g/mol. The Morgan fingerprint density at radius 1 is 1.42 bits per heavy atom. The molecule has 2 heterocycles. The molecule has 104 valence electrons. The fourth-order valence-electron chi connectivity index (χ4n) is 1.94. The van der Waals surface area contributed by atoms with E-state index in [0.29, 0.717) is 13.0 Å². The van der Waals surface area contributed by atoms with Crippen molar-refractivity contribution in [3.63, 3.8) is 0 Å². The van der Waals surface area contributed by atoms with Crippen LogP contribution in [0.15, 0.2) is 41.6 Å². The molecule has 0 aromatic carbocycles. The van der Waals surface area contributed by atoms with Crippen molar-refractivity contribution in [2.75, 3.05) is 6.54 Å². The van der Waals surface area contributed by atoms with Gasteiger partial charge in [0.15, 0.2) is 5.03 Å². The van der Waals surface area contributed by atoms with Gasteiger partial charge in [0.25, 0.3) is 0 Å². The summed E-state index contributed by atoms with van der Waals surface area (Å²) in [7, 11) is -3.77. The number of nitrogens with two attached hydrogens (primary N) is 1. The Balaban J connectivity index is 2.35. The normalized spacial score (nSPS) is 28.6. The summed E-state index contributed by atoms with van der Waals surface area (Å²) < 4.78 is 24.9. The number of aliphatic hydroxyl groups excluding tert-OH is 1. The fraction of sp³-hybridized carbons (Fsp3) is 0.417. The van der Waals surface area contributed by atoms with E-state index in [9.17, 15) is 13.5 Å². The number of nitrogens with one attached hydrogen (secondary N) is 1. The Morgan fingerprint density at radius 3 is 2.89 bits per heavy atom. The molecule has 7 heteroatoms. The first kappa shape index (κ1) is 14.1. The van der Waals surface area contributed by atoms with E-state index in [2.05, 4.69) is 10.3 Å². The summed E-state index contributed by atoms with van der Waals surface area (Å²) in [6.45, 7) is 0.455. The molecule has 1 aliphatic heterocycles. The molecule has 6 nitrogen and oxygen atoms in total. The van der Waals surface area contributed by atoms with Crippen LogP contribution in [0.2, 0.25) is 0 Å². The minimum Gasteiger partial charge on any atom is -0.388 e. The zero-order chi connectivity index (χ0) is 13.9. The number of hydrogen-bond acceptors (Lipinski definition) is 6. The van der Waals surface area contributed by atoms with E-state index in [-0.39, 0.29) is 5.03 Å². The largest absolute Gasteiger partial charge is 0.388 e. The number of pyridine rings is 1. The second-order valence-corrected chi connectivity index (χ2v) is 6.39. The summed E-state index contributed by atoms with van der Waals surface area (Å²) >= 11 is 0. The Labute approximate surface area is 112 Å². The van der Waals surface area contributed by atoms with Crippen LogP contribution in [0.5, 0.6) is 0 Å². The van der Waals surface area contributed by atoms with Gasteiger partial charge in [0, 0.05) is 6.20 Å². The molecule has 0 aliphatic carbocycles. The van der Waals surface area contributed by atoms with Crippen LogP contribution in [0.3, 0.4) is 0 Å². The van der Waals surface area contributed by atoms with Crippen molar-refractivity contribution in [2.24, 2.45) is 5.73 Å². The van der Waals surface area contributed by atoms with Gasteiger partial charge in [-0.25, -0.2) is 13.4 Å². The maximum Gasteiger partial charge on any atom is 0.214 e. The monoisotopic (exact) mass is 283 g/mol. The van der Waals surface area contributed by atoms with Gasteiger partial charge in [-0.1, -0.05) is 18.2 Å². The highest BCUT2D eigenvalue weighted by Crippen LogP contribution is 2.17. The average Bonchev–Trinajstić information content (AvgIpc) is 2.41. The van der Waals surface area contributed by atoms with Crippen LogP contribution >= 0.6 is 0 Å². The maximum absolute atomic E-state index is 12.4. The van der Waals surface area contributed by atoms with E-state index < -0.39 is 27.4 Å². The lowest BCUT2D eigenvalue weighted by Gasteiger charge is -2.28. The molecule has 3 unspecified atom stereocenters.